The summed E-state index contributed by atoms with van der Waals surface area (Å²) in [5, 5.41) is 1.76. The summed E-state index contributed by atoms with van der Waals surface area (Å²) in [6.45, 7) is 0.530. The van der Waals surface area contributed by atoms with E-state index in [4.69, 9.17) is 9.47 Å². The monoisotopic (exact) mass is 411 g/mol. The van der Waals surface area contributed by atoms with Gasteiger partial charge in [0.25, 0.3) is 11.1 Å². The number of hydrogen-bond donors (Lipinski definition) is 0. The zero-order chi connectivity index (χ0) is 20.4. The van der Waals surface area contributed by atoms with Gasteiger partial charge in [0.15, 0.2) is 0 Å². The number of amides is 2. The number of fused-ring (bicyclic) bond motifs is 1. The van der Waals surface area contributed by atoms with Crippen molar-refractivity contribution in [2.75, 3.05) is 20.8 Å². The number of rotatable bonds is 5. The SMILES string of the molecule is COc1ccc2ccc(OC)c(/C=C3/SC(=O)N(CC4CCCCC4)C3=O)c2c1. The molecule has 0 radical (unpaired) electrons. The topological polar surface area (TPSA) is 55.8 Å². The van der Waals surface area contributed by atoms with Crippen molar-refractivity contribution in [3.8, 4) is 11.5 Å². The third-order valence-corrected chi connectivity index (χ3v) is 6.67. The van der Waals surface area contributed by atoms with Gasteiger partial charge in [-0.2, -0.15) is 0 Å². The van der Waals surface area contributed by atoms with Gasteiger partial charge in [-0.15, -0.1) is 0 Å². The molecule has 29 heavy (non-hydrogen) atoms. The Balaban J connectivity index is 1.69. The molecule has 1 heterocycles. The molecule has 1 saturated carbocycles. The first-order valence-corrected chi connectivity index (χ1v) is 10.8. The summed E-state index contributed by atoms with van der Waals surface area (Å²) in [5.74, 6) is 1.61. The molecule has 1 saturated heterocycles. The van der Waals surface area contributed by atoms with E-state index in [-0.39, 0.29) is 11.1 Å². The van der Waals surface area contributed by atoms with Gasteiger partial charge in [0.2, 0.25) is 0 Å². The summed E-state index contributed by atoms with van der Waals surface area (Å²) in [5.41, 5.74) is 0.784. The summed E-state index contributed by atoms with van der Waals surface area (Å²) in [4.78, 5) is 27.4. The third-order valence-electron chi connectivity index (χ3n) is 5.76. The molecule has 2 aromatic rings. The van der Waals surface area contributed by atoms with Crippen LogP contribution in [-0.4, -0.2) is 36.8 Å². The lowest BCUT2D eigenvalue weighted by atomic mass is 9.89. The average molecular weight is 412 g/mol. The zero-order valence-corrected chi connectivity index (χ0v) is 17.6. The van der Waals surface area contributed by atoms with Gasteiger partial charge in [-0.05, 0) is 65.6 Å². The van der Waals surface area contributed by atoms with Crippen LogP contribution >= 0.6 is 11.8 Å². The molecule has 2 aliphatic rings. The van der Waals surface area contributed by atoms with Crippen molar-refractivity contribution in [1.82, 2.24) is 4.90 Å². The Morgan fingerprint density at radius 1 is 1.07 bits per heavy atom. The molecule has 0 aromatic heterocycles. The molecule has 2 fully saturated rings. The lowest BCUT2D eigenvalue weighted by molar-refractivity contribution is -0.123. The van der Waals surface area contributed by atoms with Crippen molar-refractivity contribution in [2.45, 2.75) is 32.1 Å². The van der Waals surface area contributed by atoms with E-state index in [0.29, 0.717) is 23.1 Å². The molecule has 0 atom stereocenters. The number of hydrogen-bond acceptors (Lipinski definition) is 5. The molecule has 4 rings (SSSR count). The van der Waals surface area contributed by atoms with Crippen LogP contribution in [0.15, 0.2) is 35.2 Å². The maximum Gasteiger partial charge on any atom is 0.293 e. The van der Waals surface area contributed by atoms with Gasteiger partial charge < -0.3 is 9.47 Å². The van der Waals surface area contributed by atoms with Gasteiger partial charge in [0.1, 0.15) is 11.5 Å². The van der Waals surface area contributed by atoms with Crippen molar-refractivity contribution in [1.29, 1.82) is 0 Å². The third kappa shape index (κ3) is 3.99. The van der Waals surface area contributed by atoms with Crippen LogP contribution in [0.5, 0.6) is 11.5 Å². The normalized spacial score (nSPS) is 19.4. The second-order valence-corrected chi connectivity index (χ2v) is 8.56. The number of ether oxygens (including phenoxy) is 2. The van der Waals surface area contributed by atoms with E-state index in [9.17, 15) is 9.59 Å². The van der Waals surface area contributed by atoms with E-state index in [2.05, 4.69) is 0 Å². The molecule has 0 N–H and O–H groups in total. The van der Waals surface area contributed by atoms with Gasteiger partial charge in [-0.3, -0.25) is 14.5 Å². The second kappa shape index (κ2) is 8.49. The van der Waals surface area contributed by atoms with Crippen LogP contribution in [0, 0.1) is 5.92 Å². The first-order chi connectivity index (χ1) is 14.1. The number of methoxy groups -OCH3 is 2. The number of imide groups is 1. The van der Waals surface area contributed by atoms with Crippen LogP contribution < -0.4 is 9.47 Å². The summed E-state index contributed by atoms with van der Waals surface area (Å²) in [7, 11) is 3.23. The largest absolute Gasteiger partial charge is 0.497 e. The molecule has 0 spiro atoms. The highest BCUT2D eigenvalue weighted by atomic mass is 32.2. The zero-order valence-electron chi connectivity index (χ0n) is 16.8. The molecule has 6 heteroatoms. The van der Waals surface area contributed by atoms with Crippen LogP contribution in [-0.2, 0) is 4.79 Å². The van der Waals surface area contributed by atoms with Crippen molar-refractivity contribution in [2.24, 2.45) is 5.92 Å². The highest BCUT2D eigenvalue weighted by Crippen LogP contribution is 2.38. The Kier molecular flexibility index (Phi) is 5.81. The smallest absolute Gasteiger partial charge is 0.293 e. The maximum atomic E-state index is 13.0. The van der Waals surface area contributed by atoms with Crippen LogP contribution in [0.1, 0.15) is 37.7 Å². The summed E-state index contributed by atoms with van der Waals surface area (Å²) in [6, 6.07) is 9.65. The lowest BCUT2D eigenvalue weighted by Gasteiger charge is -2.25. The van der Waals surface area contributed by atoms with Crippen molar-refractivity contribution >= 4 is 39.8 Å². The molecule has 1 aliphatic heterocycles. The predicted molar refractivity (Wildman–Crippen MR) is 116 cm³/mol. The van der Waals surface area contributed by atoms with Gasteiger partial charge in [-0.25, -0.2) is 0 Å². The van der Waals surface area contributed by atoms with Crippen LogP contribution in [0.25, 0.3) is 16.8 Å². The number of benzene rings is 2. The van der Waals surface area contributed by atoms with Crippen LogP contribution in [0.2, 0.25) is 0 Å². The second-order valence-electron chi connectivity index (χ2n) is 7.56. The number of carbonyl (C=O) groups excluding carboxylic acids is 2. The fourth-order valence-electron chi connectivity index (χ4n) is 4.17. The Morgan fingerprint density at radius 2 is 1.83 bits per heavy atom. The quantitative estimate of drug-likeness (QED) is 0.610. The van der Waals surface area contributed by atoms with E-state index in [1.165, 1.54) is 24.2 Å². The maximum absolute atomic E-state index is 13.0. The van der Waals surface area contributed by atoms with E-state index >= 15 is 0 Å². The minimum Gasteiger partial charge on any atom is -0.497 e. The molecule has 2 amide bonds. The van der Waals surface area contributed by atoms with E-state index < -0.39 is 0 Å². The predicted octanol–water partition coefficient (Wildman–Crippen LogP) is 5.47. The van der Waals surface area contributed by atoms with Crippen molar-refractivity contribution < 1.29 is 19.1 Å². The standard InChI is InChI=1S/C23H25NO4S/c1-27-17-10-8-16-9-11-20(28-2)19(18(16)12-17)13-21-22(25)24(23(26)29-21)14-15-6-4-3-5-7-15/h8-13,15H,3-7,14H2,1-2H3/b21-13+. The molecule has 1 aliphatic carbocycles. The molecule has 5 nitrogen and oxygen atoms in total. The van der Waals surface area contributed by atoms with Gasteiger partial charge in [0.05, 0.1) is 19.1 Å². The lowest BCUT2D eigenvalue weighted by Crippen LogP contribution is -2.34. The summed E-state index contributed by atoms with van der Waals surface area (Å²) in [6.07, 6.45) is 7.60. The van der Waals surface area contributed by atoms with E-state index in [1.807, 2.05) is 30.3 Å². The highest BCUT2D eigenvalue weighted by Gasteiger charge is 2.36. The number of thioether (sulfide) groups is 1. The van der Waals surface area contributed by atoms with Crippen LogP contribution in [0.4, 0.5) is 4.79 Å². The molecule has 152 valence electrons. The Morgan fingerprint density at radius 3 is 2.55 bits per heavy atom. The van der Waals surface area contributed by atoms with Crippen molar-refractivity contribution in [3.63, 3.8) is 0 Å². The number of carbonyl (C=O) groups is 2. The molecule has 0 unspecified atom stereocenters. The highest BCUT2D eigenvalue weighted by molar-refractivity contribution is 8.18. The van der Waals surface area contributed by atoms with Crippen LogP contribution in [0.3, 0.4) is 0 Å². The fourth-order valence-corrected chi connectivity index (χ4v) is 5.00. The number of nitrogens with zero attached hydrogens (tertiary/aromatic N) is 1. The molecular weight excluding hydrogens is 386 g/mol. The minimum atomic E-state index is -0.201. The van der Waals surface area contributed by atoms with E-state index in [0.717, 1.165) is 46.7 Å². The van der Waals surface area contributed by atoms with Gasteiger partial charge >= 0.3 is 0 Å². The van der Waals surface area contributed by atoms with Gasteiger partial charge in [-0.1, -0.05) is 31.4 Å². The Bertz CT molecular complexity index is 973. The molecular formula is C23H25NO4S. The average Bonchev–Trinajstić information content (AvgIpc) is 3.01. The van der Waals surface area contributed by atoms with E-state index in [1.54, 1.807) is 20.3 Å². The van der Waals surface area contributed by atoms with Crippen molar-refractivity contribution in [3.05, 3.63) is 40.8 Å². The fraction of sp³-hybridized carbons (Fsp3) is 0.391. The van der Waals surface area contributed by atoms with Gasteiger partial charge in [0, 0.05) is 12.1 Å². The Labute approximate surface area is 175 Å². The Hall–Kier alpha value is -2.47. The first kappa shape index (κ1) is 19.8. The summed E-state index contributed by atoms with van der Waals surface area (Å²) >= 11 is 1.01. The summed E-state index contributed by atoms with van der Waals surface area (Å²) < 4.78 is 10.9. The molecule has 2 aromatic carbocycles. The minimum absolute atomic E-state index is 0.177. The molecule has 0 bridgehead atoms. The first-order valence-electron chi connectivity index (χ1n) is 10.0.